The molecule has 82 valence electrons. The number of carbonyl (C=O) groups excluding carboxylic acids is 1. The Kier molecular flexibility index (Phi) is 3.23. The number of esters is 1. The van der Waals surface area contributed by atoms with Crippen molar-refractivity contribution in [1.29, 1.82) is 0 Å². The number of nitrogens with zero attached hydrogens (tertiary/aromatic N) is 2. The molecular weight excluding hydrogens is 213 g/mol. The highest BCUT2D eigenvalue weighted by atomic mass is 19.4. The van der Waals surface area contributed by atoms with E-state index in [4.69, 9.17) is 0 Å². The van der Waals surface area contributed by atoms with E-state index in [-0.39, 0.29) is 12.2 Å². The molecule has 0 aliphatic rings. The Labute approximate surface area is 83.1 Å². The summed E-state index contributed by atoms with van der Waals surface area (Å²) in [6.45, 7) is 1.56. The number of rotatable bonds is 2. The Bertz CT molecular complexity index is 348. The van der Waals surface area contributed by atoms with Crippen LogP contribution in [-0.4, -0.2) is 15.9 Å². The number of carbonyl (C=O) groups is 1. The predicted octanol–water partition coefficient (Wildman–Crippen LogP) is 1.81. The second kappa shape index (κ2) is 4.24. The number of alkyl halides is 3. The summed E-state index contributed by atoms with van der Waals surface area (Å²) < 4.78 is 40.6. The first-order valence-corrected chi connectivity index (χ1v) is 4.03. The summed E-state index contributed by atoms with van der Waals surface area (Å²) in [5.41, 5.74) is 0. The van der Waals surface area contributed by atoms with Gasteiger partial charge in [-0.25, -0.2) is 9.97 Å². The van der Waals surface area contributed by atoms with Crippen LogP contribution >= 0.6 is 0 Å². The zero-order valence-corrected chi connectivity index (χ0v) is 7.71. The average Bonchev–Trinajstić information content (AvgIpc) is 2.17. The molecule has 0 N–H and O–H groups in total. The fourth-order valence-corrected chi connectivity index (χ4v) is 0.719. The highest BCUT2D eigenvalue weighted by molar-refractivity contribution is 5.71. The maximum Gasteiger partial charge on any atom is 0.451 e. The first-order valence-electron chi connectivity index (χ1n) is 4.03. The summed E-state index contributed by atoms with van der Waals surface area (Å²) in [6.07, 6.45) is -2.85. The van der Waals surface area contributed by atoms with Gasteiger partial charge in [-0.1, -0.05) is 6.92 Å². The molecule has 7 heteroatoms. The molecule has 0 atom stereocenters. The molecule has 0 aliphatic heterocycles. The summed E-state index contributed by atoms with van der Waals surface area (Å²) in [6, 6.07) is 0. The zero-order chi connectivity index (χ0) is 11.5. The SMILES string of the molecule is CCC(=O)Oc1cnc(C(F)(F)F)nc1. The van der Waals surface area contributed by atoms with Crippen molar-refractivity contribution in [2.75, 3.05) is 0 Å². The van der Waals surface area contributed by atoms with Crippen LogP contribution in [0.25, 0.3) is 0 Å². The Balaban J connectivity index is 2.77. The lowest BCUT2D eigenvalue weighted by molar-refractivity contribution is -0.145. The molecule has 1 aromatic rings. The summed E-state index contributed by atoms with van der Waals surface area (Å²) in [4.78, 5) is 16.8. The molecule has 0 spiro atoms. The zero-order valence-electron chi connectivity index (χ0n) is 7.71. The van der Waals surface area contributed by atoms with Gasteiger partial charge < -0.3 is 4.74 Å². The molecule has 0 aliphatic carbocycles. The van der Waals surface area contributed by atoms with Gasteiger partial charge in [-0.3, -0.25) is 4.79 Å². The molecule has 1 rings (SSSR count). The minimum atomic E-state index is -4.59. The predicted molar refractivity (Wildman–Crippen MR) is 43.0 cm³/mol. The van der Waals surface area contributed by atoms with E-state index in [1.165, 1.54) is 0 Å². The standard InChI is InChI=1S/C8H7F3N2O2/c1-2-6(14)15-5-3-12-7(13-4-5)8(9,10)11/h3-4H,2H2,1H3. The van der Waals surface area contributed by atoms with Crippen molar-refractivity contribution in [3.63, 3.8) is 0 Å². The molecule has 0 aromatic carbocycles. The molecule has 0 radical (unpaired) electrons. The van der Waals surface area contributed by atoms with Crippen LogP contribution in [0.5, 0.6) is 5.75 Å². The van der Waals surface area contributed by atoms with Crippen LogP contribution in [-0.2, 0) is 11.0 Å². The molecule has 0 amide bonds. The maximum atomic E-state index is 12.0. The van der Waals surface area contributed by atoms with E-state index >= 15 is 0 Å². The number of aromatic nitrogens is 2. The van der Waals surface area contributed by atoms with Crippen LogP contribution in [0.4, 0.5) is 13.2 Å². The third kappa shape index (κ3) is 3.19. The Morgan fingerprint density at radius 2 is 1.93 bits per heavy atom. The normalized spacial score (nSPS) is 11.2. The van der Waals surface area contributed by atoms with Crippen molar-refractivity contribution < 1.29 is 22.7 Å². The fraction of sp³-hybridized carbons (Fsp3) is 0.375. The van der Waals surface area contributed by atoms with Crippen molar-refractivity contribution in [2.45, 2.75) is 19.5 Å². The van der Waals surface area contributed by atoms with Crippen LogP contribution in [0, 0.1) is 0 Å². The van der Waals surface area contributed by atoms with Gasteiger partial charge in [0.05, 0.1) is 12.4 Å². The Hall–Kier alpha value is -1.66. The van der Waals surface area contributed by atoms with Crippen LogP contribution in [0.1, 0.15) is 19.2 Å². The number of halogens is 3. The lowest BCUT2D eigenvalue weighted by Gasteiger charge is -2.05. The van der Waals surface area contributed by atoms with Gasteiger partial charge in [-0.2, -0.15) is 13.2 Å². The van der Waals surface area contributed by atoms with E-state index in [0.717, 1.165) is 12.4 Å². The fourth-order valence-electron chi connectivity index (χ4n) is 0.719. The third-order valence-electron chi connectivity index (χ3n) is 1.40. The maximum absolute atomic E-state index is 12.0. The number of hydrogen-bond donors (Lipinski definition) is 0. The molecular formula is C8H7F3N2O2. The van der Waals surface area contributed by atoms with Crippen molar-refractivity contribution in [1.82, 2.24) is 9.97 Å². The molecule has 0 fully saturated rings. The van der Waals surface area contributed by atoms with Gasteiger partial charge in [0.25, 0.3) is 0 Å². The lowest BCUT2D eigenvalue weighted by Crippen LogP contribution is -2.12. The van der Waals surface area contributed by atoms with Crippen molar-refractivity contribution in [3.8, 4) is 5.75 Å². The third-order valence-corrected chi connectivity index (χ3v) is 1.40. The highest BCUT2D eigenvalue weighted by Crippen LogP contribution is 2.26. The molecule has 1 aromatic heterocycles. The molecule has 0 saturated heterocycles. The highest BCUT2D eigenvalue weighted by Gasteiger charge is 2.34. The van der Waals surface area contributed by atoms with Gasteiger partial charge in [0.15, 0.2) is 5.75 Å². The first-order chi connectivity index (χ1) is 6.93. The van der Waals surface area contributed by atoms with Gasteiger partial charge in [-0.15, -0.1) is 0 Å². The van der Waals surface area contributed by atoms with Crippen molar-refractivity contribution >= 4 is 5.97 Å². The molecule has 1 heterocycles. The number of hydrogen-bond acceptors (Lipinski definition) is 4. The molecule has 0 unspecified atom stereocenters. The second-order valence-electron chi connectivity index (χ2n) is 2.57. The second-order valence-corrected chi connectivity index (χ2v) is 2.57. The van der Waals surface area contributed by atoms with Crippen LogP contribution in [0.3, 0.4) is 0 Å². The topological polar surface area (TPSA) is 52.1 Å². The summed E-state index contributed by atoms with van der Waals surface area (Å²) in [5.74, 6) is -1.92. The first kappa shape index (κ1) is 11.4. The molecule has 4 nitrogen and oxygen atoms in total. The Morgan fingerprint density at radius 3 is 2.33 bits per heavy atom. The Morgan fingerprint density at radius 1 is 1.40 bits per heavy atom. The van der Waals surface area contributed by atoms with Gasteiger partial charge >= 0.3 is 12.1 Å². The van der Waals surface area contributed by atoms with E-state index in [0.29, 0.717) is 0 Å². The van der Waals surface area contributed by atoms with Crippen LogP contribution in [0.2, 0.25) is 0 Å². The smallest absolute Gasteiger partial charge is 0.423 e. The van der Waals surface area contributed by atoms with Crippen LogP contribution < -0.4 is 4.74 Å². The molecule has 15 heavy (non-hydrogen) atoms. The largest absolute Gasteiger partial charge is 0.451 e. The minimum absolute atomic E-state index is 0.102. The quantitative estimate of drug-likeness (QED) is 0.713. The molecule has 0 saturated carbocycles. The van der Waals surface area contributed by atoms with E-state index < -0.39 is 18.0 Å². The van der Waals surface area contributed by atoms with Gasteiger partial charge in [-0.05, 0) is 0 Å². The summed E-state index contributed by atoms with van der Waals surface area (Å²) in [7, 11) is 0. The summed E-state index contributed by atoms with van der Waals surface area (Å²) in [5, 5.41) is 0. The van der Waals surface area contributed by atoms with Gasteiger partial charge in [0.1, 0.15) is 0 Å². The average molecular weight is 220 g/mol. The summed E-state index contributed by atoms with van der Waals surface area (Å²) >= 11 is 0. The monoisotopic (exact) mass is 220 g/mol. The van der Waals surface area contributed by atoms with Gasteiger partial charge in [0.2, 0.25) is 5.82 Å². The van der Waals surface area contributed by atoms with Gasteiger partial charge in [0, 0.05) is 6.42 Å². The van der Waals surface area contributed by atoms with Crippen LogP contribution in [0.15, 0.2) is 12.4 Å². The molecule has 0 bridgehead atoms. The van der Waals surface area contributed by atoms with Crippen molar-refractivity contribution in [3.05, 3.63) is 18.2 Å². The van der Waals surface area contributed by atoms with E-state index in [2.05, 4.69) is 14.7 Å². The van der Waals surface area contributed by atoms with E-state index in [9.17, 15) is 18.0 Å². The van der Waals surface area contributed by atoms with E-state index in [1.54, 1.807) is 6.92 Å². The minimum Gasteiger partial charge on any atom is -0.423 e. The lowest BCUT2D eigenvalue weighted by atomic mass is 10.5. The van der Waals surface area contributed by atoms with E-state index in [1.807, 2.05) is 0 Å². The van der Waals surface area contributed by atoms with Crippen molar-refractivity contribution in [2.24, 2.45) is 0 Å². The number of ether oxygens (including phenoxy) is 1.